The first kappa shape index (κ1) is 15.6. The van der Waals surface area contributed by atoms with Gasteiger partial charge in [-0.3, -0.25) is 4.99 Å². The molecule has 0 aliphatic carbocycles. The average molecular weight is 306 g/mol. The summed E-state index contributed by atoms with van der Waals surface area (Å²) in [5.74, 6) is 2.04. The fourth-order valence-electron chi connectivity index (χ4n) is 1.97. The van der Waals surface area contributed by atoms with Gasteiger partial charge in [0.1, 0.15) is 0 Å². The van der Waals surface area contributed by atoms with Crippen molar-refractivity contribution in [2.24, 2.45) is 4.99 Å². The lowest BCUT2D eigenvalue weighted by Crippen LogP contribution is -2.37. The molecule has 114 valence electrons. The van der Waals surface area contributed by atoms with Crippen molar-refractivity contribution in [1.29, 1.82) is 0 Å². The summed E-state index contributed by atoms with van der Waals surface area (Å²) in [6.45, 7) is 5.61. The Kier molecular flexibility index (Phi) is 5.38. The van der Waals surface area contributed by atoms with Crippen molar-refractivity contribution in [2.45, 2.75) is 32.9 Å². The van der Waals surface area contributed by atoms with E-state index in [-0.39, 0.29) is 0 Å². The van der Waals surface area contributed by atoms with E-state index < -0.39 is 0 Å². The lowest BCUT2D eigenvalue weighted by Gasteiger charge is -2.21. The van der Waals surface area contributed by atoms with E-state index in [4.69, 9.17) is 4.52 Å². The summed E-state index contributed by atoms with van der Waals surface area (Å²) in [6.07, 6.45) is 0. The molecule has 6 heteroatoms. The predicted octanol–water partition coefficient (Wildman–Crippen LogP) is 3.07. The number of aliphatic imine (C=N–C) groups is 1. The van der Waals surface area contributed by atoms with E-state index in [1.165, 1.54) is 5.56 Å². The van der Waals surface area contributed by atoms with Crippen LogP contribution in [0.5, 0.6) is 0 Å². The van der Waals surface area contributed by atoms with Crippen molar-refractivity contribution >= 4 is 17.3 Å². The molecule has 0 saturated carbocycles. The highest BCUT2D eigenvalue weighted by atomic mass is 32.1. The minimum Gasteiger partial charge on any atom is -0.359 e. The zero-order valence-corrected chi connectivity index (χ0v) is 13.8. The van der Waals surface area contributed by atoms with Crippen LogP contribution in [0.4, 0.5) is 0 Å². The van der Waals surface area contributed by atoms with Gasteiger partial charge in [0.15, 0.2) is 11.7 Å². The molecule has 2 aromatic heterocycles. The maximum absolute atomic E-state index is 5.32. The number of nitrogens with zero attached hydrogens (tertiary/aromatic N) is 3. The Hall–Kier alpha value is -1.82. The minimum absolute atomic E-state index is 0.378. The number of guanidine groups is 1. The Bertz CT molecular complexity index is 574. The van der Waals surface area contributed by atoms with Crippen LogP contribution in [0.3, 0.4) is 0 Å². The summed E-state index contributed by atoms with van der Waals surface area (Å²) in [6, 6.07) is 4.11. The molecule has 5 nitrogen and oxygen atoms in total. The standard InChI is InChI=1S/C15H22N4OS/c1-11(2)14-7-13(20-18-14)8-17-15(16-3)19(4)9-12-5-6-21-10-12/h5-7,10-11H,8-9H2,1-4H3,(H,16,17). The fourth-order valence-corrected chi connectivity index (χ4v) is 2.63. The van der Waals surface area contributed by atoms with Gasteiger partial charge < -0.3 is 14.7 Å². The molecule has 0 unspecified atom stereocenters. The molecule has 0 radical (unpaired) electrons. The van der Waals surface area contributed by atoms with E-state index in [0.717, 1.165) is 24.0 Å². The van der Waals surface area contributed by atoms with Crippen LogP contribution < -0.4 is 5.32 Å². The maximum Gasteiger partial charge on any atom is 0.194 e. The van der Waals surface area contributed by atoms with Gasteiger partial charge in [0.05, 0.1) is 12.2 Å². The molecule has 1 N–H and O–H groups in total. The largest absolute Gasteiger partial charge is 0.359 e. The maximum atomic E-state index is 5.32. The van der Waals surface area contributed by atoms with Crippen LogP contribution in [-0.4, -0.2) is 30.1 Å². The van der Waals surface area contributed by atoms with Crippen molar-refractivity contribution in [3.63, 3.8) is 0 Å². The van der Waals surface area contributed by atoms with Crippen LogP contribution in [0, 0.1) is 0 Å². The van der Waals surface area contributed by atoms with Gasteiger partial charge in [-0.2, -0.15) is 11.3 Å². The Balaban J connectivity index is 1.89. The molecule has 0 aliphatic rings. The molecule has 0 saturated heterocycles. The Morgan fingerprint density at radius 1 is 1.52 bits per heavy atom. The van der Waals surface area contributed by atoms with E-state index in [9.17, 15) is 0 Å². The quantitative estimate of drug-likeness (QED) is 0.681. The number of rotatable bonds is 5. The molecule has 2 heterocycles. The Morgan fingerprint density at radius 2 is 2.33 bits per heavy atom. The van der Waals surface area contributed by atoms with Crippen LogP contribution in [0.15, 0.2) is 32.4 Å². The third-order valence-corrected chi connectivity index (χ3v) is 3.89. The smallest absolute Gasteiger partial charge is 0.194 e. The van der Waals surface area contributed by atoms with E-state index in [2.05, 4.69) is 51.0 Å². The van der Waals surface area contributed by atoms with Crippen LogP contribution in [0.2, 0.25) is 0 Å². The van der Waals surface area contributed by atoms with Gasteiger partial charge in [-0.05, 0) is 28.3 Å². The lowest BCUT2D eigenvalue weighted by atomic mass is 10.1. The second-order valence-electron chi connectivity index (χ2n) is 5.26. The molecule has 2 rings (SSSR count). The molecule has 0 aliphatic heterocycles. The topological polar surface area (TPSA) is 53.7 Å². The van der Waals surface area contributed by atoms with Crippen molar-refractivity contribution in [2.75, 3.05) is 14.1 Å². The Labute approximate surface area is 129 Å². The average Bonchev–Trinajstić information content (AvgIpc) is 3.10. The summed E-state index contributed by atoms with van der Waals surface area (Å²) < 4.78 is 5.32. The van der Waals surface area contributed by atoms with Crippen molar-refractivity contribution in [3.8, 4) is 0 Å². The second kappa shape index (κ2) is 7.26. The molecule has 0 atom stereocenters. The molecule has 2 aromatic rings. The molecular formula is C15H22N4OS. The highest BCUT2D eigenvalue weighted by molar-refractivity contribution is 7.07. The van der Waals surface area contributed by atoms with Gasteiger partial charge in [0.25, 0.3) is 0 Å². The molecular weight excluding hydrogens is 284 g/mol. The van der Waals surface area contributed by atoms with Gasteiger partial charge in [-0.25, -0.2) is 0 Å². The van der Waals surface area contributed by atoms with Gasteiger partial charge in [-0.1, -0.05) is 19.0 Å². The van der Waals surface area contributed by atoms with Gasteiger partial charge in [0, 0.05) is 26.7 Å². The summed E-state index contributed by atoms with van der Waals surface area (Å²) in [7, 11) is 3.80. The molecule has 0 spiro atoms. The zero-order valence-electron chi connectivity index (χ0n) is 13.0. The highest BCUT2D eigenvalue weighted by Crippen LogP contribution is 2.14. The number of thiophene rings is 1. The number of hydrogen-bond acceptors (Lipinski definition) is 4. The summed E-state index contributed by atoms with van der Waals surface area (Å²) >= 11 is 1.71. The van der Waals surface area contributed by atoms with E-state index in [1.807, 2.05) is 13.1 Å². The fraction of sp³-hybridized carbons (Fsp3) is 0.467. The third-order valence-electron chi connectivity index (χ3n) is 3.16. The number of hydrogen-bond donors (Lipinski definition) is 1. The van der Waals surface area contributed by atoms with Gasteiger partial charge in [-0.15, -0.1) is 0 Å². The molecule has 0 fully saturated rings. The van der Waals surface area contributed by atoms with Crippen molar-refractivity contribution in [1.82, 2.24) is 15.4 Å². The summed E-state index contributed by atoms with van der Waals surface area (Å²) in [5, 5.41) is 11.6. The van der Waals surface area contributed by atoms with Crippen molar-refractivity contribution in [3.05, 3.63) is 39.9 Å². The second-order valence-corrected chi connectivity index (χ2v) is 6.04. The molecule has 0 amide bonds. The first-order chi connectivity index (χ1) is 10.1. The SMILES string of the molecule is CN=C(NCc1cc(C(C)C)no1)N(C)Cc1ccsc1. The third kappa shape index (κ3) is 4.32. The minimum atomic E-state index is 0.378. The molecule has 21 heavy (non-hydrogen) atoms. The van der Waals surface area contributed by atoms with E-state index >= 15 is 0 Å². The number of aromatic nitrogens is 1. The molecule has 0 aromatic carbocycles. The monoisotopic (exact) mass is 306 g/mol. The van der Waals surface area contributed by atoms with Crippen LogP contribution >= 0.6 is 11.3 Å². The highest BCUT2D eigenvalue weighted by Gasteiger charge is 2.10. The summed E-state index contributed by atoms with van der Waals surface area (Å²) in [4.78, 5) is 6.38. The van der Waals surface area contributed by atoms with E-state index in [0.29, 0.717) is 12.5 Å². The van der Waals surface area contributed by atoms with Crippen LogP contribution in [0.25, 0.3) is 0 Å². The van der Waals surface area contributed by atoms with Gasteiger partial charge >= 0.3 is 0 Å². The van der Waals surface area contributed by atoms with Crippen LogP contribution in [-0.2, 0) is 13.1 Å². The van der Waals surface area contributed by atoms with Crippen molar-refractivity contribution < 1.29 is 4.52 Å². The van der Waals surface area contributed by atoms with Crippen LogP contribution in [0.1, 0.15) is 36.8 Å². The van der Waals surface area contributed by atoms with E-state index in [1.54, 1.807) is 18.4 Å². The predicted molar refractivity (Wildman–Crippen MR) is 86.6 cm³/mol. The Morgan fingerprint density at radius 3 is 2.90 bits per heavy atom. The zero-order chi connectivity index (χ0) is 15.2. The first-order valence-corrected chi connectivity index (χ1v) is 7.92. The summed E-state index contributed by atoms with van der Waals surface area (Å²) in [5.41, 5.74) is 2.26. The van der Waals surface area contributed by atoms with Gasteiger partial charge in [0.2, 0.25) is 0 Å². The first-order valence-electron chi connectivity index (χ1n) is 6.98. The normalized spacial score (nSPS) is 12.0. The lowest BCUT2D eigenvalue weighted by molar-refractivity contribution is 0.369. The number of nitrogens with one attached hydrogen (secondary N) is 1. The molecule has 0 bridgehead atoms.